The maximum absolute atomic E-state index is 5.71. The van der Waals surface area contributed by atoms with E-state index in [1.54, 1.807) is 18.5 Å². The van der Waals surface area contributed by atoms with Crippen molar-refractivity contribution in [2.45, 2.75) is 13.0 Å². The van der Waals surface area contributed by atoms with Gasteiger partial charge in [-0.15, -0.1) is 0 Å². The smallest absolute Gasteiger partial charge is 0.228 e. The van der Waals surface area contributed by atoms with Crippen LogP contribution in [-0.4, -0.2) is 21.5 Å². The van der Waals surface area contributed by atoms with Crippen LogP contribution < -0.4 is 9.64 Å². The minimum Gasteiger partial charge on any atom is -0.437 e. The summed E-state index contributed by atoms with van der Waals surface area (Å²) >= 11 is 0. The Hall–Kier alpha value is -2.82. The Morgan fingerprint density at radius 3 is 2.86 bits per heavy atom. The number of nitrogens with zero attached hydrogens (tertiary/aromatic N) is 3. The van der Waals surface area contributed by atoms with E-state index in [2.05, 4.69) is 44.1 Å². The van der Waals surface area contributed by atoms with Gasteiger partial charge >= 0.3 is 0 Å². The Bertz CT molecular complexity index is 770. The summed E-state index contributed by atoms with van der Waals surface area (Å²) in [7, 11) is 0. The van der Waals surface area contributed by atoms with E-state index in [-0.39, 0.29) is 0 Å². The topological polar surface area (TPSA) is 54.0 Å². The van der Waals surface area contributed by atoms with Crippen molar-refractivity contribution in [3.8, 4) is 11.6 Å². The fourth-order valence-electron chi connectivity index (χ4n) is 2.70. The zero-order valence-corrected chi connectivity index (χ0v) is 12.1. The minimum absolute atomic E-state index is 0.559. The minimum atomic E-state index is 0.559. The molecular formula is C17H16N4O. The van der Waals surface area contributed by atoms with Crippen molar-refractivity contribution >= 4 is 5.95 Å². The van der Waals surface area contributed by atoms with Crippen LogP contribution in [0.1, 0.15) is 11.1 Å². The van der Waals surface area contributed by atoms with E-state index in [1.807, 2.05) is 12.3 Å². The number of aromatic amines is 1. The number of aromatic nitrogens is 3. The molecular weight excluding hydrogens is 276 g/mol. The second kappa shape index (κ2) is 5.52. The molecule has 0 atom stereocenters. The van der Waals surface area contributed by atoms with Crippen molar-refractivity contribution in [1.82, 2.24) is 15.0 Å². The first-order valence-electron chi connectivity index (χ1n) is 7.34. The summed E-state index contributed by atoms with van der Waals surface area (Å²) in [5.41, 5.74) is 2.76. The Balaban J connectivity index is 1.56. The average Bonchev–Trinajstić information content (AvgIpc) is 3.08. The van der Waals surface area contributed by atoms with Gasteiger partial charge in [-0.1, -0.05) is 24.3 Å². The van der Waals surface area contributed by atoms with Crippen LogP contribution in [0.25, 0.3) is 0 Å². The summed E-state index contributed by atoms with van der Waals surface area (Å²) in [6.07, 6.45) is 6.37. The van der Waals surface area contributed by atoms with E-state index < -0.39 is 0 Å². The molecule has 0 bridgehead atoms. The molecule has 5 heteroatoms. The van der Waals surface area contributed by atoms with Crippen molar-refractivity contribution in [3.63, 3.8) is 0 Å². The monoisotopic (exact) mass is 292 g/mol. The molecule has 0 radical (unpaired) electrons. The van der Waals surface area contributed by atoms with Gasteiger partial charge in [0.15, 0.2) is 0 Å². The molecule has 3 heterocycles. The van der Waals surface area contributed by atoms with Gasteiger partial charge in [0.2, 0.25) is 11.8 Å². The summed E-state index contributed by atoms with van der Waals surface area (Å²) in [4.78, 5) is 14.1. The molecule has 1 N–H and O–H groups in total. The number of ether oxygens (including phenoxy) is 1. The number of benzene rings is 1. The van der Waals surface area contributed by atoms with Gasteiger partial charge in [0.05, 0.1) is 0 Å². The highest BCUT2D eigenvalue weighted by Gasteiger charge is 2.18. The number of hydrogen-bond acceptors (Lipinski definition) is 4. The first kappa shape index (κ1) is 12.9. The summed E-state index contributed by atoms with van der Waals surface area (Å²) in [5, 5.41) is 0. The average molecular weight is 292 g/mol. The molecule has 0 unspecified atom stereocenters. The number of hydrogen-bond donors (Lipinski definition) is 1. The van der Waals surface area contributed by atoms with Gasteiger partial charge in [-0.05, 0) is 23.6 Å². The van der Waals surface area contributed by atoms with Crippen LogP contribution in [-0.2, 0) is 13.0 Å². The SMILES string of the molecule is c1ccc2c(c1)CCN(c1nccc(Oc3cc[nH]c3)n1)C2. The van der Waals surface area contributed by atoms with Crippen LogP contribution >= 0.6 is 0 Å². The van der Waals surface area contributed by atoms with Crippen LogP contribution in [0.5, 0.6) is 11.6 Å². The molecule has 1 aromatic carbocycles. The van der Waals surface area contributed by atoms with Crippen LogP contribution in [0.3, 0.4) is 0 Å². The van der Waals surface area contributed by atoms with E-state index in [9.17, 15) is 0 Å². The molecule has 0 saturated carbocycles. The molecule has 1 aliphatic heterocycles. The molecule has 1 aliphatic rings. The number of H-pyrrole nitrogens is 1. The normalized spacial score (nSPS) is 13.7. The number of nitrogens with one attached hydrogen (secondary N) is 1. The molecule has 0 aliphatic carbocycles. The van der Waals surface area contributed by atoms with E-state index in [0.29, 0.717) is 11.8 Å². The molecule has 4 rings (SSSR count). The van der Waals surface area contributed by atoms with Crippen molar-refractivity contribution < 1.29 is 4.74 Å². The number of fused-ring (bicyclic) bond motifs is 1. The molecule has 0 spiro atoms. The first-order chi connectivity index (χ1) is 10.9. The zero-order chi connectivity index (χ0) is 14.8. The lowest BCUT2D eigenvalue weighted by molar-refractivity contribution is 0.461. The van der Waals surface area contributed by atoms with Crippen LogP contribution in [0, 0.1) is 0 Å². The van der Waals surface area contributed by atoms with Gasteiger partial charge in [0, 0.05) is 37.7 Å². The molecule has 0 amide bonds. The standard InChI is InChI=1S/C17H16N4O/c1-2-4-14-12-21(10-7-13(14)3-1)17-19-9-6-16(20-17)22-15-5-8-18-11-15/h1-6,8-9,11,18H,7,10,12H2. The van der Waals surface area contributed by atoms with Crippen molar-refractivity contribution in [2.75, 3.05) is 11.4 Å². The van der Waals surface area contributed by atoms with Gasteiger partial charge in [-0.2, -0.15) is 4.98 Å². The molecule has 5 nitrogen and oxygen atoms in total. The molecule has 2 aromatic heterocycles. The third-order valence-electron chi connectivity index (χ3n) is 3.82. The van der Waals surface area contributed by atoms with Crippen molar-refractivity contribution in [1.29, 1.82) is 0 Å². The summed E-state index contributed by atoms with van der Waals surface area (Å²) in [6.45, 7) is 1.76. The van der Waals surface area contributed by atoms with Gasteiger partial charge in [0.1, 0.15) is 5.75 Å². The Morgan fingerprint density at radius 2 is 2.00 bits per heavy atom. The first-order valence-corrected chi connectivity index (χ1v) is 7.34. The van der Waals surface area contributed by atoms with Gasteiger partial charge in [0.25, 0.3) is 0 Å². The highest BCUT2D eigenvalue weighted by molar-refractivity contribution is 5.40. The second-order valence-electron chi connectivity index (χ2n) is 5.28. The van der Waals surface area contributed by atoms with Crippen molar-refractivity contribution in [2.24, 2.45) is 0 Å². The summed E-state index contributed by atoms with van der Waals surface area (Å²) in [5.74, 6) is 2.01. The van der Waals surface area contributed by atoms with Gasteiger partial charge < -0.3 is 14.6 Å². The zero-order valence-electron chi connectivity index (χ0n) is 12.1. The summed E-state index contributed by atoms with van der Waals surface area (Å²) < 4.78 is 5.71. The predicted octanol–water partition coefficient (Wildman–Crippen LogP) is 3.16. The third kappa shape index (κ3) is 2.53. The molecule has 0 fully saturated rings. The van der Waals surface area contributed by atoms with Gasteiger partial charge in [-0.25, -0.2) is 4.98 Å². The van der Waals surface area contributed by atoms with Gasteiger partial charge in [-0.3, -0.25) is 0 Å². The second-order valence-corrected chi connectivity index (χ2v) is 5.28. The largest absolute Gasteiger partial charge is 0.437 e. The van der Waals surface area contributed by atoms with E-state index in [4.69, 9.17) is 4.74 Å². The predicted molar refractivity (Wildman–Crippen MR) is 84.1 cm³/mol. The quantitative estimate of drug-likeness (QED) is 0.805. The fourth-order valence-corrected chi connectivity index (χ4v) is 2.70. The lowest BCUT2D eigenvalue weighted by Gasteiger charge is -2.28. The lowest BCUT2D eigenvalue weighted by atomic mass is 10.0. The maximum atomic E-state index is 5.71. The van der Waals surface area contributed by atoms with E-state index in [0.717, 1.165) is 25.3 Å². The van der Waals surface area contributed by atoms with E-state index >= 15 is 0 Å². The maximum Gasteiger partial charge on any atom is 0.228 e. The molecule has 110 valence electrons. The van der Waals surface area contributed by atoms with Crippen LogP contribution in [0.4, 0.5) is 5.95 Å². The van der Waals surface area contributed by atoms with E-state index in [1.165, 1.54) is 11.1 Å². The molecule has 22 heavy (non-hydrogen) atoms. The summed E-state index contributed by atoms with van der Waals surface area (Å²) in [6, 6.07) is 12.2. The Morgan fingerprint density at radius 1 is 1.09 bits per heavy atom. The third-order valence-corrected chi connectivity index (χ3v) is 3.82. The Labute approximate surface area is 128 Å². The Kier molecular flexibility index (Phi) is 3.23. The number of rotatable bonds is 3. The molecule has 0 saturated heterocycles. The highest BCUT2D eigenvalue weighted by Crippen LogP contribution is 2.24. The molecule has 3 aromatic rings. The van der Waals surface area contributed by atoms with Crippen LogP contribution in [0.2, 0.25) is 0 Å². The number of anilines is 1. The highest BCUT2D eigenvalue weighted by atomic mass is 16.5. The van der Waals surface area contributed by atoms with Crippen LogP contribution in [0.15, 0.2) is 55.0 Å². The van der Waals surface area contributed by atoms with Crippen molar-refractivity contribution in [3.05, 3.63) is 66.1 Å². The lowest BCUT2D eigenvalue weighted by Crippen LogP contribution is -2.31. The fraction of sp³-hybridized carbons (Fsp3) is 0.176.